The number of carbonyl (C=O) groups is 2. The highest BCUT2D eigenvalue weighted by Crippen LogP contribution is 2.55. The molecule has 188 valence electrons. The van der Waals surface area contributed by atoms with E-state index in [1.54, 1.807) is 6.07 Å². The molecule has 0 spiro atoms. The lowest BCUT2D eigenvalue weighted by Crippen LogP contribution is -2.76. The maximum atomic E-state index is 13.6. The number of aliphatic carboxylic acids is 1. The van der Waals surface area contributed by atoms with E-state index in [2.05, 4.69) is 5.32 Å². The Kier molecular flexibility index (Phi) is 7.68. The number of nitrogens with one attached hydrogen (secondary N) is 1. The van der Waals surface area contributed by atoms with Crippen LogP contribution in [0.15, 0.2) is 36.4 Å². The van der Waals surface area contributed by atoms with Crippen molar-refractivity contribution in [1.82, 2.24) is 10.2 Å². The standard InChI is InChI=1S/C24H24Cl2F2N2O5/c25-17-3-1-14(9-19(17)27)34-8-7-30(12-23(32)33)21-11-24(6-5-16(21)24)29-22(31)13-35-15-2-4-18(26)20(28)10-15/h1-4,9-10,16,21H,5-8,11-13H2,(H,29,31)(H,32,33). The van der Waals surface area contributed by atoms with Gasteiger partial charge in [0, 0.05) is 30.3 Å². The second-order valence-corrected chi connectivity index (χ2v) is 9.59. The van der Waals surface area contributed by atoms with Gasteiger partial charge in [0.25, 0.3) is 5.91 Å². The summed E-state index contributed by atoms with van der Waals surface area (Å²) in [6, 6.07) is 8.04. The molecule has 0 radical (unpaired) electrons. The average Bonchev–Trinajstić information content (AvgIpc) is 2.79. The summed E-state index contributed by atoms with van der Waals surface area (Å²) in [4.78, 5) is 25.7. The highest BCUT2D eigenvalue weighted by Gasteiger charge is 2.62. The number of carbonyl (C=O) groups excluding carboxylic acids is 1. The summed E-state index contributed by atoms with van der Waals surface area (Å²) in [5.41, 5.74) is -0.396. The van der Waals surface area contributed by atoms with Crippen LogP contribution in [0.25, 0.3) is 0 Å². The predicted molar refractivity (Wildman–Crippen MR) is 125 cm³/mol. The van der Waals surface area contributed by atoms with Gasteiger partial charge in [0.05, 0.1) is 16.6 Å². The number of benzene rings is 2. The molecule has 1 amide bonds. The average molecular weight is 529 g/mol. The lowest BCUT2D eigenvalue weighted by molar-refractivity contribution is -0.153. The Hall–Kier alpha value is -2.62. The Morgan fingerprint density at radius 1 is 1.09 bits per heavy atom. The van der Waals surface area contributed by atoms with Crippen LogP contribution in [-0.2, 0) is 9.59 Å². The lowest BCUT2D eigenvalue weighted by Gasteiger charge is -2.65. The van der Waals surface area contributed by atoms with Gasteiger partial charge < -0.3 is 19.9 Å². The van der Waals surface area contributed by atoms with Crippen molar-refractivity contribution in [1.29, 1.82) is 0 Å². The molecule has 0 bridgehead atoms. The van der Waals surface area contributed by atoms with Crippen LogP contribution in [0.4, 0.5) is 8.78 Å². The third-order valence-electron chi connectivity index (χ3n) is 6.64. The molecule has 0 aromatic heterocycles. The molecule has 0 heterocycles. The molecule has 3 unspecified atom stereocenters. The van der Waals surface area contributed by atoms with E-state index >= 15 is 0 Å². The van der Waals surface area contributed by atoms with Gasteiger partial charge in [-0.2, -0.15) is 0 Å². The van der Waals surface area contributed by atoms with Crippen LogP contribution in [0.2, 0.25) is 10.0 Å². The van der Waals surface area contributed by atoms with Crippen molar-refractivity contribution in [2.24, 2.45) is 5.92 Å². The van der Waals surface area contributed by atoms with Gasteiger partial charge in [0.1, 0.15) is 29.7 Å². The summed E-state index contributed by atoms with van der Waals surface area (Å²) in [7, 11) is 0. The first-order valence-corrected chi connectivity index (χ1v) is 11.8. The van der Waals surface area contributed by atoms with Crippen molar-refractivity contribution in [2.75, 3.05) is 26.3 Å². The van der Waals surface area contributed by atoms with Gasteiger partial charge in [0.2, 0.25) is 0 Å². The minimum absolute atomic E-state index is 0.00609. The van der Waals surface area contributed by atoms with Crippen molar-refractivity contribution < 1.29 is 33.0 Å². The third kappa shape index (κ3) is 5.79. The molecule has 2 aliphatic rings. The van der Waals surface area contributed by atoms with E-state index in [1.807, 2.05) is 4.90 Å². The SMILES string of the molecule is O=C(O)CN(CCOc1ccc(Cl)c(F)c1)C1CC2(NC(=O)COc3ccc(Cl)c(F)c3)CCC12. The van der Waals surface area contributed by atoms with Gasteiger partial charge in [-0.15, -0.1) is 0 Å². The number of rotatable bonds is 11. The Morgan fingerprint density at radius 2 is 1.71 bits per heavy atom. The van der Waals surface area contributed by atoms with E-state index in [0.29, 0.717) is 18.7 Å². The van der Waals surface area contributed by atoms with Crippen LogP contribution in [0.3, 0.4) is 0 Å². The summed E-state index contributed by atoms with van der Waals surface area (Å²) in [5.74, 6) is -1.91. The van der Waals surface area contributed by atoms with Gasteiger partial charge >= 0.3 is 5.97 Å². The molecule has 4 rings (SSSR count). The molecule has 7 nitrogen and oxygen atoms in total. The van der Waals surface area contributed by atoms with Crippen LogP contribution in [-0.4, -0.2) is 59.8 Å². The van der Waals surface area contributed by atoms with E-state index < -0.39 is 23.1 Å². The van der Waals surface area contributed by atoms with E-state index in [-0.39, 0.29) is 53.4 Å². The number of nitrogens with zero attached hydrogens (tertiary/aromatic N) is 1. The van der Waals surface area contributed by atoms with Crippen LogP contribution in [0, 0.1) is 17.6 Å². The highest BCUT2D eigenvalue weighted by molar-refractivity contribution is 6.31. The normalized spacial score (nSPS) is 22.5. The molecule has 2 N–H and O–H groups in total. The molecular formula is C24H24Cl2F2N2O5. The van der Waals surface area contributed by atoms with Crippen LogP contribution in [0.5, 0.6) is 11.5 Å². The number of hydrogen-bond acceptors (Lipinski definition) is 5. The molecule has 0 saturated heterocycles. The first-order valence-electron chi connectivity index (χ1n) is 11.1. The molecule has 2 fully saturated rings. The number of halogens is 4. The van der Waals surface area contributed by atoms with E-state index in [1.165, 1.54) is 24.3 Å². The molecular weight excluding hydrogens is 505 g/mol. The monoisotopic (exact) mass is 528 g/mol. The number of carboxylic acids is 1. The van der Waals surface area contributed by atoms with Crippen molar-refractivity contribution in [3.8, 4) is 11.5 Å². The Balaban J connectivity index is 1.28. The molecule has 2 aromatic carbocycles. The second-order valence-electron chi connectivity index (χ2n) is 8.77. The lowest BCUT2D eigenvalue weighted by atomic mass is 9.50. The molecule has 0 aliphatic heterocycles. The molecule has 2 saturated carbocycles. The zero-order valence-corrected chi connectivity index (χ0v) is 20.1. The number of hydrogen-bond donors (Lipinski definition) is 2. The maximum Gasteiger partial charge on any atom is 0.317 e. The van der Waals surface area contributed by atoms with Crippen LogP contribution in [0.1, 0.15) is 19.3 Å². The van der Waals surface area contributed by atoms with Crippen molar-refractivity contribution in [2.45, 2.75) is 30.8 Å². The Morgan fingerprint density at radius 3 is 2.23 bits per heavy atom. The van der Waals surface area contributed by atoms with Gasteiger partial charge in [-0.05, 0) is 49.4 Å². The minimum atomic E-state index is -0.966. The first-order chi connectivity index (χ1) is 16.7. The molecule has 11 heteroatoms. The molecule has 35 heavy (non-hydrogen) atoms. The summed E-state index contributed by atoms with van der Waals surface area (Å²) >= 11 is 11.3. The van der Waals surface area contributed by atoms with E-state index in [0.717, 1.165) is 18.9 Å². The van der Waals surface area contributed by atoms with Crippen molar-refractivity contribution >= 4 is 35.1 Å². The summed E-state index contributed by atoms with van der Waals surface area (Å²) in [6.45, 7) is 0.0503. The van der Waals surface area contributed by atoms with Gasteiger partial charge in [-0.3, -0.25) is 14.5 Å². The smallest absolute Gasteiger partial charge is 0.317 e. The summed E-state index contributed by atoms with van der Waals surface area (Å²) in [6.07, 6.45) is 2.24. The van der Waals surface area contributed by atoms with Gasteiger partial charge in [0.15, 0.2) is 6.61 Å². The predicted octanol–water partition coefficient (Wildman–Crippen LogP) is 4.15. The molecule has 2 aromatic rings. The van der Waals surface area contributed by atoms with E-state index in [4.69, 9.17) is 32.7 Å². The zero-order chi connectivity index (χ0) is 25.2. The van der Waals surface area contributed by atoms with E-state index in [9.17, 15) is 23.5 Å². The highest BCUT2D eigenvalue weighted by atomic mass is 35.5. The summed E-state index contributed by atoms with van der Waals surface area (Å²) in [5, 5.41) is 12.3. The minimum Gasteiger partial charge on any atom is -0.492 e. The van der Waals surface area contributed by atoms with Crippen LogP contribution >= 0.6 is 23.2 Å². The largest absolute Gasteiger partial charge is 0.492 e. The van der Waals surface area contributed by atoms with Gasteiger partial charge in [-0.25, -0.2) is 8.78 Å². The fourth-order valence-electron chi connectivity index (χ4n) is 4.83. The number of carboxylic acid groups (broad SMARTS) is 1. The van der Waals surface area contributed by atoms with Crippen molar-refractivity contribution in [3.63, 3.8) is 0 Å². The third-order valence-corrected chi connectivity index (χ3v) is 7.26. The Bertz CT molecular complexity index is 1120. The fraction of sp³-hybridized carbons (Fsp3) is 0.417. The Labute approximate surface area is 210 Å². The number of ether oxygens (including phenoxy) is 2. The second kappa shape index (κ2) is 10.6. The molecule has 2 aliphatic carbocycles. The first kappa shape index (κ1) is 25.5. The molecule has 3 atom stereocenters. The van der Waals surface area contributed by atoms with Crippen molar-refractivity contribution in [3.05, 3.63) is 58.1 Å². The summed E-state index contributed by atoms with van der Waals surface area (Å²) < 4.78 is 38.1. The quantitative estimate of drug-likeness (QED) is 0.455. The zero-order valence-electron chi connectivity index (χ0n) is 18.6. The fourth-order valence-corrected chi connectivity index (χ4v) is 5.07. The number of amides is 1. The maximum absolute atomic E-state index is 13.6. The van der Waals surface area contributed by atoms with Crippen LogP contribution < -0.4 is 14.8 Å². The number of fused-ring (bicyclic) bond motifs is 1. The topological polar surface area (TPSA) is 88.1 Å². The van der Waals surface area contributed by atoms with Gasteiger partial charge in [-0.1, -0.05) is 23.2 Å².